The molecule has 3 nitrogen and oxygen atoms in total. The van der Waals surface area contributed by atoms with Crippen LogP contribution in [0.3, 0.4) is 0 Å². The van der Waals surface area contributed by atoms with E-state index in [2.05, 4.69) is 26.2 Å². The molecule has 1 aromatic carbocycles. The average Bonchev–Trinajstić information content (AvgIpc) is 2.33. The van der Waals surface area contributed by atoms with Crippen molar-refractivity contribution in [1.29, 1.82) is 5.26 Å². The van der Waals surface area contributed by atoms with Gasteiger partial charge in [0.1, 0.15) is 11.0 Å². The van der Waals surface area contributed by atoms with E-state index >= 15 is 0 Å². The molecule has 0 bridgehead atoms. The summed E-state index contributed by atoms with van der Waals surface area (Å²) >= 11 is 9.31. The summed E-state index contributed by atoms with van der Waals surface area (Å²) in [6, 6.07) is 11.2. The fraction of sp³-hybridized carbons (Fsp3) is 0.0769. The maximum atomic E-state index is 8.88. The molecule has 0 aliphatic carbocycles. The van der Waals surface area contributed by atoms with Gasteiger partial charge in [0.15, 0.2) is 0 Å². The van der Waals surface area contributed by atoms with Crippen LogP contribution in [0.1, 0.15) is 11.1 Å². The Morgan fingerprint density at radius 2 is 2.11 bits per heavy atom. The van der Waals surface area contributed by atoms with Crippen LogP contribution >= 0.6 is 27.5 Å². The minimum atomic E-state index is 0.292. The molecule has 0 saturated carbocycles. The first-order valence-corrected chi connectivity index (χ1v) is 6.36. The molecule has 0 radical (unpaired) electrons. The van der Waals surface area contributed by atoms with Crippen LogP contribution in [0.5, 0.6) is 0 Å². The largest absolute Gasteiger partial charge is 0.339 e. The van der Waals surface area contributed by atoms with Gasteiger partial charge in [-0.05, 0) is 52.7 Å². The molecule has 1 N–H and O–H groups in total. The van der Waals surface area contributed by atoms with E-state index < -0.39 is 0 Å². The molecule has 2 rings (SSSR count). The molecule has 2 aromatic rings. The van der Waals surface area contributed by atoms with E-state index in [0.29, 0.717) is 16.5 Å². The van der Waals surface area contributed by atoms with Crippen molar-refractivity contribution >= 4 is 39.0 Å². The van der Waals surface area contributed by atoms with Gasteiger partial charge in [0, 0.05) is 4.47 Å². The van der Waals surface area contributed by atoms with E-state index in [0.717, 1.165) is 15.7 Å². The first kappa shape index (κ1) is 12.9. The van der Waals surface area contributed by atoms with Gasteiger partial charge >= 0.3 is 0 Å². The molecular formula is C13H9BrClN3. The van der Waals surface area contributed by atoms with Gasteiger partial charge < -0.3 is 5.32 Å². The summed E-state index contributed by atoms with van der Waals surface area (Å²) in [6.07, 6.45) is 0. The number of halogens is 2. The van der Waals surface area contributed by atoms with Crippen LogP contribution in [0, 0.1) is 18.3 Å². The van der Waals surface area contributed by atoms with Crippen LogP contribution in [-0.2, 0) is 0 Å². The van der Waals surface area contributed by atoms with Gasteiger partial charge in [-0.25, -0.2) is 4.98 Å². The molecule has 0 atom stereocenters. The van der Waals surface area contributed by atoms with Crippen molar-refractivity contribution < 1.29 is 0 Å². The Bertz CT molecular complexity index is 635. The number of benzene rings is 1. The summed E-state index contributed by atoms with van der Waals surface area (Å²) < 4.78 is 0.924. The summed E-state index contributed by atoms with van der Waals surface area (Å²) in [5, 5.41) is 12.3. The van der Waals surface area contributed by atoms with Crippen LogP contribution in [0.4, 0.5) is 11.5 Å². The molecule has 0 fully saturated rings. The number of anilines is 2. The molecule has 90 valence electrons. The highest BCUT2D eigenvalue weighted by molar-refractivity contribution is 9.10. The van der Waals surface area contributed by atoms with Gasteiger partial charge in [0.05, 0.1) is 17.3 Å². The minimum absolute atomic E-state index is 0.292. The molecule has 18 heavy (non-hydrogen) atoms. The number of hydrogen-bond acceptors (Lipinski definition) is 3. The number of aryl methyl sites for hydroxylation is 1. The topological polar surface area (TPSA) is 48.7 Å². The molecule has 1 heterocycles. The summed E-state index contributed by atoms with van der Waals surface area (Å²) in [7, 11) is 0. The number of pyridine rings is 1. The zero-order valence-electron chi connectivity index (χ0n) is 9.54. The fourth-order valence-electron chi connectivity index (χ4n) is 1.50. The highest BCUT2D eigenvalue weighted by atomic mass is 79.9. The van der Waals surface area contributed by atoms with Crippen LogP contribution < -0.4 is 5.32 Å². The predicted octanol–water partition coefficient (Wildman–Crippen LogP) is 4.42. The van der Waals surface area contributed by atoms with Crippen molar-refractivity contribution in [2.75, 3.05) is 5.32 Å². The SMILES string of the molecule is Cc1ccc(Br)c(Nc2cc(C#N)cc(Cl)n2)c1. The highest BCUT2D eigenvalue weighted by Crippen LogP contribution is 2.27. The lowest BCUT2D eigenvalue weighted by Crippen LogP contribution is -1.96. The van der Waals surface area contributed by atoms with E-state index in [-0.39, 0.29) is 0 Å². The summed E-state index contributed by atoms with van der Waals surface area (Å²) in [4.78, 5) is 4.13. The third-order valence-electron chi connectivity index (χ3n) is 2.31. The lowest BCUT2D eigenvalue weighted by Gasteiger charge is -2.09. The molecule has 0 saturated heterocycles. The van der Waals surface area contributed by atoms with E-state index in [1.807, 2.05) is 31.2 Å². The Hall–Kier alpha value is -1.57. The van der Waals surface area contributed by atoms with Crippen LogP contribution in [-0.4, -0.2) is 4.98 Å². The first-order valence-electron chi connectivity index (χ1n) is 5.19. The van der Waals surface area contributed by atoms with Crippen molar-refractivity contribution in [2.45, 2.75) is 6.92 Å². The van der Waals surface area contributed by atoms with E-state index in [4.69, 9.17) is 16.9 Å². The molecule has 0 aliphatic rings. The summed E-state index contributed by atoms with van der Waals surface area (Å²) in [6.45, 7) is 2.00. The molecule has 0 aliphatic heterocycles. The second-order valence-electron chi connectivity index (χ2n) is 3.78. The molecular weight excluding hydrogens is 314 g/mol. The minimum Gasteiger partial charge on any atom is -0.339 e. The second-order valence-corrected chi connectivity index (χ2v) is 5.03. The number of nitrogens with one attached hydrogen (secondary N) is 1. The Balaban J connectivity index is 2.37. The Labute approximate surface area is 119 Å². The molecule has 0 unspecified atom stereocenters. The molecule has 1 aromatic heterocycles. The van der Waals surface area contributed by atoms with Crippen LogP contribution in [0.25, 0.3) is 0 Å². The van der Waals surface area contributed by atoms with Gasteiger partial charge in [0.25, 0.3) is 0 Å². The Morgan fingerprint density at radius 1 is 1.33 bits per heavy atom. The molecule has 0 amide bonds. The number of nitrogens with zero attached hydrogens (tertiary/aromatic N) is 2. The zero-order valence-corrected chi connectivity index (χ0v) is 11.9. The third kappa shape index (κ3) is 3.00. The quantitative estimate of drug-likeness (QED) is 0.833. The summed E-state index contributed by atoms with van der Waals surface area (Å²) in [5.74, 6) is 0.547. The van der Waals surface area contributed by atoms with Gasteiger partial charge in [-0.3, -0.25) is 0 Å². The highest BCUT2D eigenvalue weighted by Gasteiger charge is 2.04. The smallest absolute Gasteiger partial charge is 0.133 e. The first-order chi connectivity index (χ1) is 8.58. The Kier molecular flexibility index (Phi) is 3.85. The van der Waals surface area contributed by atoms with Crippen molar-refractivity contribution in [2.24, 2.45) is 0 Å². The fourth-order valence-corrected chi connectivity index (χ4v) is 2.05. The van der Waals surface area contributed by atoms with Crippen molar-refractivity contribution in [3.63, 3.8) is 0 Å². The Morgan fingerprint density at radius 3 is 2.83 bits per heavy atom. The standard InChI is InChI=1S/C13H9BrClN3/c1-8-2-3-10(14)11(4-8)17-13-6-9(7-16)5-12(15)18-13/h2-6H,1H3,(H,17,18). The van der Waals surface area contributed by atoms with Gasteiger partial charge in [-0.1, -0.05) is 17.7 Å². The van der Waals surface area contributed by atoms with Crippen molar-refractivity contribution in [3.8, 4) is 6.07 Å². The van der Waals surface area contributed by atoms with Crippen molar-refractivity contribution in [1.82, 2.24) is 4.98 Å². The number of hydrogen-bond donors (Lipinski definition) is 1. The lowest BCUT2D eigenvalue weighted by molar-refractivity contribution is 1.29. The lowest BCUT2D eigenvalue weighted by atomic mass is 10.2. The average molecular weight is 323 g/mol. The number of aromatic nitrogens is 1. The molecule has 5 heteroatoms. The zero-order chi connectivity index (χ0) is 13.1. The number of rotatable bonds is 2. The molecule has 0 spiro atoms. The second kappa shape index (κ2) is 5.38. The van der Waals surface area contributed by atoms with E-state index in [1.165, 1.54) is 6.07 Å². The maximum absolute atomic E-state index is 8.88. The monoisotopic (exact) mass is 321 g/mol. The normalized spacial score (nSPS) is 9.89. The van der Waals surface area contributed by atoms with Gasteiger partial charge in [0.2, 0.25) is 0 Å². The predicted molar refractivity (Wildman–Crippen MR) is 76.1 cm³/mol. The van der Waals surface area contributed by atoms with E-state index in [9.17, 15) is 0 Å². The van der Waals surface area contributed by atoms with Crippen molar-refractivity contribution in [3.05, 3.63) is 51.1 Å². The maximum Gasteiger partial charge on any atom is 0.133 e. The third-order valence-corrected chi connectivity index (χ3v) is 3.19. The van der Waals surface area contributed by atoms with E-state index in [1.54, 1.807) is 6.07 Å². The van der Waals surface area contributed by atoms with Crippen LogP contribution in [0.2, 0.25) is 5.15 Å². The van der Waals surface area contributed by atoms with Gasteiger partial charge in [-0.15, -0.1) is 0 Å². The van der Waals surface area contributed by atoms with Crippen LogP contribution in [0.15, 0.2) is 34.8 Å². The van der Waals surface area contributed by atoms with Gasteiger partial charge in [-0.2, -0.15) is 5.26 Å². The summed E-state index contributed by atoms with van der Waals surface area (Å²) in [5.41, 5.74) is 2.48. The number of nitriles is 1.